The van der Waals surface area contributed by atoms with Crippen molar-refractivity contribution in [2.45, 2.75) is 6.18 Å². The molecule has 0 bridgehead atoms. The fourth-order valence-electron chi connectivity index (χ4n) is 1.31. The molecule has 1 rings (SSSR count). The summed E-state index contributed by atoms with van der Waals surface area (Å²) in [6, 6.07) is 2.82. The maximum Gasteiger partial charge on any atom is 0.406 e. The first kappa shape index (κ1) is 16.3. The lowest BCUT2D eigenvalue weighted by Gasteiger charge is -2.20. The minimum Gasteiger partial charge on any atom is -0.478 e. The van der Waals surface area contributed by atoms with Gasteiger partial charge in [-0.15, -0.1) is 0 Å². The normalized spacial score (nSPS) is 11.1. The molecule has 2 amide bonds. The number of hydrogen-bond acceptors (Lipinski definition) is 2. The summed E-state index contributed by atoms with van der Waals surface area (Å²) in [4.78, 5) is 22.8. The Morgan fingerprint density at radius 1 is 1.40 bits per heavy atom. The van der Waals surface area contributed by atoms with Crippen LogP contribution in [-0.2, 0) is 0 Å². The van der Waals surface area contributed by atoms with Crippen molar-refractivity contribution in [2.24, 2.45) is 0 Å². The first-order chi connectivity index (χ1) is 9.10. The van der Waals surface area contributed by atoms with Crippen LogP contribution in [0.1, 0.15) is 10.4 Å². The lowest BCUT2D eigenvalue weighted by molar-refractivity contribution is -0.137. The number of urea groups is 1. The molecule has 0 aliphatic rings. The van der Waals surface area contributed by atoms with Crippen LogP contribution in [0.5, 0.6) is 0 Å². The molecule has 0 atom stereocenters. The quantitative estimate of drug-likeness (QED) is 0.875. The third-order valence-electron chi connectivity index (χ3n) is 2.22. The third-order valence-corrected chi connectivity index (χ3v) is 2.91. The van der Waals surface area contributed by atoms with Gasteiger partial charge in [-0.1, -0.05) is 0 Å². The third kappa shape index (κ3) is 4.72. The average Bonchev–Trinajstić information content (AvgIpc) is 2.29. The predicted molar refractivity (Wildman–Crippen MR) is 68.8 cm³/mol. The summed E-state index contributed by atoms with van der Waals surface area (Å²) >= 11 is 3.07. The van der Waals surface area contributed by atoms with Crippen molar-refractivity contribution in [3.8, 4) is 0 Å². The van der Waals surface area contributed by atoms with Crippen LogP contribution in [-0.4, -0.2) is 41.8 Å². The maximum atomic E-state index is 12.1. The van der Waals surface area contributed by atoms with Gasteiger partial charge in [0.15, 0.2) is 0 Å². The van der Waals surface area contributed by atoms with E-state index in [0.29, 0.717) is 9.37 Å². The lowest BCUT2D eigenvalue weighted by atomic mass is 10.2. The first-order valence-electron chi connectivity index (χ1n) is 5.22. The summed E-state index contributed by atoms with van der Waals surface area (Å²) in [7, 11) is 0.984. The van der Waals surface area contributed by atoms with Crippen LogP contribution in [0.2, 0.25) is 0 Å². The molecule has 0 spiro atoms. The number of rotatable bonds is 3. The summed E-state index contributed by atoms with van der Waals surface area (Å²) in [5.74, 6) is -1.21. The maximum absolute atomic E-state index is 12.1. The molecule has 0 aliphatic heterocycles. The number of aromatic carboxylic acids is 1. The number of hydrogen-bond donors (Lipinski definition) is 2. The largest absolute Gasteiger partial charge is 0.478 e. The van der Waals surface area contributed by atoms with Gasteiger partial charge in [-0.25, -0.2) is 9.59 Å². The Balaban J connectivity index is 2.85. The van der Waals surface area contributed by atoms with E-state index in [-0.39, 0.29) is 11.3 Å². The number of benzene rings is 1. The molecule has 0 saturated heterocycles. The molecule has 2 N–H and O–H groups in total. The number of carbonyl (C=O) groups is 2. The van der Waals surface area contributed by atoms with E-state index in [1.165, 1.54) is 12.1 Å². The van der Waals surface area contributed by atoms with Crippen molar-refractivity contribution >= 4 is 33.6 Å². The number of amides is 2. The Bertz CT molecular complexity index is 534. The number of carboxylic acids is 1. The van der Waals surface area contributed by atoms with Crippen LogP contribution < -0.4 is 5.32 Å². The zero-order valence-corrected chi connectivity index (χ0v) is 11.7. The van der Waals surface area contributed by atoms with Gasteiger partial charge in [0.05, 0.1) is 11.3 Å². The molecule has 0 radical (unpaired) electrons. The minimum atomic E-state index is -4.51. The SMILES string of the molecule is CN(CC(F)(F)F)C(=O)Nc1cc(C(=O)O)ccc1Br. The van der Waals surface area contributed by atoms with Crippen LogP contribution in [0, 0.1) is 0 Å². The van der Waals surface area contributed by atoms with Crippen molar-refractivity contribution in [3.05, 3.63) is 28.2 Å². The molecule has 20 heavy (non-hydrogen) atoms. The highest BCUT2D eigenvalue weighted by Crippen LogP contribution is 2.24. The minimum absolute atomic E-state index is 0.0731. The molecule has 0 saturated carbocycles. The van der Waals surface area contributed by atoms with E-state index in [1.807, 2.05) is 0 Å². The van der Waals surface area contributed by atoms with Gasteiger partial charge in [-0.3, -0.25) is 0 Å². The molecule has 0 unspecified atom stereocenters. The van der Waals surface area contributed by atoms with E-state index < -0.39 is 24.7 Å². The molecule has 5 nitrogen and oxygen atoms in total. The summed E-state index contributed by atoms with van der Waals surface area (Å²) in [6.07, 6.45) is -4.51. The molecule has 1 aromatic carbocycles. The van der Waals surface area contributed by atoms with Gasteiger partial charge >= 0.3 is 18.2 Å². The number of carbonyl (C=O) groups excluding carboxylic acids is 1. The smallest absolute Gasteiger partial charge is 0.406 e. The van der Waals surface area contributed by atoms with E-state index in [1.54, 1.807) is 0 Å². The zero-order valence-electron chi connectivity index (χ0n) is 10.2. The number of halogens is 4. The van der Waals surface area contributed by atoms with Crippen LogP contribution in [0.3, 0.4) is 0 Å². The van der Waals surface area contributed by atoms with Crippen molar-refractivity contribution in [3.63, 3.8) is 0 Å². The fraction of sp³-hybridized carbons (Fsp3) is 0.273. The fourth-order valence-corrected chi connectivity index (χ4v) is 1.65. The molecule has 110 valence electrons. The van der Waals surface area contributed by atoms with E-state index in [9.17, 15) is 22.8 Å². The van der Waals surface area contributed by atoms with Gasteiger partial charge in [-0.05, 0) is 34.1 Å². The van der Waals surface area contributed by atoms with E-state index in [0.717, 1.165) is 13.1 Å². The Hall–Kier alpha value is -1.77. The number of carboxylic acid groups (broad SMARTS) is 1. The Morgan fingerprint density at radius 2 is 2.00 bits per heavy atom. The van der Waals surface area contributed by atoms with Crippen molar-refractivity contribution in [1.29, 1.82) is 0 Å². The zero-order chi connectivity index (χ0) is 15.5. The van der Waals surface area contributed by atoms with Crippen LogP contribution in [0.25, 0.3) is 0 Å². The van der Waals surface area contributed by atoms with E-state index >= 15 is 0 Å². The predicted octanol–water partition coefficient (Wildman–Crippen LogP) is 3.17. The standard InChI is InChI=1S/C11H10BrF3N2O3/c1-17(5-11(13,14)15)10(20)16-8-4-6(9(18)19)2-3-7(8)12/h2-4H,5H2,1H3,(H,16,20)(H,18,19). The van der Waals surface area contributed by atoms with Gasteiger partial charge in [0.1, 0.15) is 6.54 Å². The molecular weight excluding hydrogens is 345 g/mol. The second-order valence-corrected chi connectivity index (χ2v) is 4.76. The summed E-state index contributed by atoms with van der Waals surface area (Å²) < 4.78 is 36.8. The Morgan fingerprint density at radius 3 is 2.50 bits per heavy atom. The molecule has 9 heteroatoms. The lowest BCUT2D eigenvalue weighted by Crippen LogP contribution is -2.38. The number of anilines is 1. The highest BCUT2D eigenvalue weighted by atomic mass is 79.9. The van der Waals surface area contributed by atoms with Crippen LogP contribution in [0.4, 0.5) is 23.7 Å². The van der Waals surface area contributed by atoms with Gasteiger partial charge < -0.3 is 15.3 Å². The number of nitrogens with zero attached hydrogens (tertiary/aromatic N) is 1. The number of nitrogens with one attached hydrogen (secondary N) is 1. The van der Waals surface area contributed by atoms with Gasteiger partial charge in [0, 0.05) is 11.5 Å². The highest BCUT2D eigenvalue weighted by molar-refractivity contribution is 9.10. The van der Waals surface area contributed by atoms with Crippen molar-refractivity contribution < 1.29 is 27.9 Å². The van der Waals surface area contributed by atoms with Crippen molar-refractivity contribution in [2.75, 3.05) is 18.9 Å². The second-order valence-electron chi connectivity index (χ2n) is 3.90. The molecule has 0 aliphatic carbocycles. The first-order valence-corrected chi connectivity index (χ1v) is 6.01. The second kappa shape index (κ2) is 6.12. The van der Waals surface area contributed by atoms with Crippen LogP contribution >= 0.6 is 15.9 Å². The number of alkyl halides is 3. The van der Waals surface area contributed by atoms with Crippen molar-refractivity contribution in [1.82, 2.24) is 4.90 Å². The highest BCUT2D eigenvalue weighted by Gasteiger charge is 2.31. The molecule has 0 heterocycles. The molecule has 1 aromatic rings. The van der Waals surface area contributed by atoms with E-state index in [4.69, 9.17) is 5.11 Å². The van der Waals surface area contributed by atoms with Gasteiger partial charge in [0.2, 0.25) is 0 Å². The van der Waals surface area contributed by atoms with Gasteiger partial charge in [0.25, 0.3) is 0 Å². The van der Waals surface area contributed by atoms with Gasteiger partial charge in [-0.2, -0.15) is 13.2 Å². The summed E-state index contributed by atoms with van der Waals surface area (Å²) in [6.45, 7) is -1.41. The molecule has 0 aromatic heterocycles. The Labute approximate surface area is 120 Å². The topological polar surface area (TPSA) is 69.6 Å². The van der Waals surface area contributed by atoms with Crippen LogP contribution in [0.15, 0.2) is 22.7 Å². The molecule has 0 fully saturated rings. The van der Waals surface area contributed by atoms with E-state index in [2.05, 4.69) is 21.2 Å². The summed E-state index contributed by atoms with van der Waals surface area (Å²) in [5.41, 5.74) is -0.0223. The average molecular weight is 355 g/mol. The summed E-state index contributed by atoms with van der Waals surface area (Å²) in [5, 5.41) is 11.0. The monoisotopic (exact) mass is 354 g/mol. The Kier molecular flexibility index (Phi) is 4.98. The molecular formula is C11H10BrF3N2O3.